The number of ether oxygens (including phenoxy) is 2. The van der Waals surface area contributed by atoms with Crippen LogP contribution in [-0.4, -0.2) is 13.1 Å². The summed E-state index contributed by atoms with van der Waals surface area (Å²) in [6.07, 6.45) is 0.112. The maximum atomic E-state index is 13.1. The zero-order chi connectivity index (χ0) is 22.0. The number of carbonyl (C=O) groups excluding carboxylic acids is 1. The molecule has 5 nitrogen and oxygen atoms in total. The van der Waals surface area contributed by atoms with E-state index in [0.29, 0.717) is 33.1 Å². The Morgan fingerprint density at radius 1 is 0.968 bits per heavy atom. The first-order chi connectivity index (χ1) is 14.9. The molecule has 0 saturated carbocycles. The number of benzene rings is 3. The summed E-state index contributed by atoms with van der Waals surface area (Å²) in [5, 5.41) is 0.998. The number of hydrogen-bond acceptors (Lipinski definition) is 5. The van der Waals surface area contributed by atoms with E-state index in [1.807, 2.05) is 0 Å². The zero-order valence-electron chi connectivity index (χ0n) is 17.0. The van der Waals surface area contributed by atoms with Crippen LogP contribution < -0.4 is 14.9 Å². The van der Waals surface area contributed by atoms with Gasteiger partial charge in [-0.05, 0) is 54.4 Å². The average Bonchev–Trinajstić information content (AvgIpc) is 2.75. The number of halogens is 1. The van der Waals surface area contributed by atoms with Gasteiger partial charge in [-0.3, -0.25) is 9.59 Å². The minimum Gasteiger partial charge on any atom is -0.497 e. The van der Waals surface area contributed by atoms with Crippen molar-refractivity contribution in [2.75, 3.05) is 7.11 Å². The van der Waals surface area contributed by atoms with E-state index in [4.69, 9.17) is 25.5 Å². The minimum atomic E-state index is -0.415. The van der Waals surface area contributed by atoms with E-state index >= 15 is 0 Å². The molecule has 4 rings (SSSR count). The Hall–Kier alpha value is -3.57. The lowest BCUT2D eigenvalue weighted by molar-refractivity contribution is -0.133. The maximum absolute atomic E-state index is 13.1. The van der Waals surface area contributed by atoms with Crippen LogP contribution in [0.3, 0.4) is 0 Å². The lowest BCUT2D eigenvalue weighted by Crippen LogP contribution is -2.12. The molecule has 0 unspecified atom stereocenters. The van der Waals surface area contributed by atoms with Crippen LogP contribution in [-0.2, 0) is 11.2 Å². The van der Waals surface area contributed by atoms with E-state index in [2.05, 4.69) is 0 Å². The summed E-state index contributed by atoms with van der Waals surface area (Å²) >= 11 is 5.95. The average molecular weight is 435 g/mol. The van der Waals surface area contributed by atoms with E-state index < -0.39 is 5.97 Å². The molecule has 0 aliphatic rings. The van der Waals surface area contributed by atoms with Crippen LogP contribution in [0.5, 0.6) is 11.5 Å². The molecule has 0 atom stereocenters. The van der Waals surface area contributed by atoms with Crippen molar-refractivity contribution in [1.82, 2.24) is 0 Å². The molecule has 156 valence electrons. The van der Waals surface area contributed by atoms with Gasteiger partial charge in [-0.25, -0.2) is 0 Å². The van der Waals surface area contributed by atoms with E-state index in [1.54, 1.807) is 80.8 Å². The summed E-state index contributed by atoms with van der Waals surface area (Å²) in [5.41, 5.74) is 2.22. The highest BCUT2D eigenvalue weighted by molar-refractivity contribution is 6.30. The Morgan fingerprint density at radius 3 is 2.32 bits per heavy atom. The maximum Gasteiger partial charge on any atom is 0.315 e. The van der Waals surface area contributed by atoms with Gasteiger partial charge in [0.2, 0.25) is 5.43 Å². The molecule has 0 fully saturated rings. The molecule has 0 bridgehead atoms. The molecular formula is C25H19ClO5. The summed E-state index contributed by atoms with van der Waals surface area (Å²) in [6.45, 7) is 1.73. The summed E-state index contributed by atoms with van der Waals surface area (Å²) in [5.74, 6) is 1.09. The fourth-order valence-electron chi connectivity index (χ4n) is 3.38. The third kappa shape index (κ3) is 4.47. The van der Waals surface area contributed by atoms with Crippen molar-refractivity contribution in [3.05, 3.63) is 93.3 Å². The number of hydrogen-bond donors (Lipinski definition) is 0. The van der Waals surface area contributed by atoms with Gasteiger partial charge >= 0.3 is 5.97 Å². The van der Waals surface area contributed by atoms with Crippen LogP contribution in [0, 0.1) is 6.92 Å². The van der Waals surface area contributed by atoms with Crippen LogP contribution in [0.15, 0.2) is 75.9 Å². The topological polar surface area (TPSA) is 65.7 Å². The Balaban J connectivity index is 1.59. The molecule has 0 aliphatic carbocycles. The largest absolute Gasteiger partial charge is 0.497 e. The van der Waals surface area contributed by atoms with Crippen LogP contribution >= 0.6 is 11.6 Å². The molecule has 0 spiro atoms. The van der Waals surface area contributed by atoms with Crippen molar-refractivity contribution in [2.24, 2.45) is 0 Å². The van der Waals surface area contributed by atoms with Gasteiger partial charge in [0.15, 0.2) is 0 Å². The van der Waals surface area contributed by atoms with E-state index in [1.165, 1.54) is 0 Å². The van der Waals surface area contributed by atoms with Crippen LogP contribution in [0.2, 0.25) is 5.02 Å². The minimum absolute atomic E-state index is 0.112. The van der Waals surface area contributed by atoms with Crippen molar-refractivity contribution in [2.45, 2.75) is 13.3 Å². The van der Waals surface area contributed by atoms with Crippen LogP contribution in [0.25, 0.3) is 22.1 Å². The van der Waals surface area contributed by atoms with Crippen LogP contribution in [0.1, 0.15) is 11.3 Å². The highest BCUT2D eigenvalue weighted by atomic mass is 35.5. The molecule has 0 saturated heterocycles. The summed E-state index contributed by atoms with van der Waals surface area (Å²) in [7, 11) is 1.58. The first-order valence-corrected chi connectivity index (χ1v) is 9.99. The standard InChI is InChI=1S/C25H19ClO5/c1-15-24(17-5-7-18(26)8-6-17)25(28)21-12-11-20(14-22(21)30-15)31-23(27)13-16-3-9-19(29-2)10-4-16/h3-12,14H,13H2,1-2H3. The number of esters is 1. The summed E-state index contributed by atoms with van der Waals surface area (Å²) in [4.78, 5) is 25.4. The molecule has 0 N–H and O–H groups in total. The van der Waals surface area contributed by atoms with Gasteiger partial charge < -0.3 is 13.9 Å². The van der Waals surface area contributed by atoms with E-state index in [9.17, 15) is 9.59 Å². The Kier molecular flexibility index (Phi) is 5.78. The molecule has 0 amide bonds. The number of fused-ring (bicyclic) bond motifs is 1. The van der Waals surface area contributed by atoms with Gasteiger partial charge in [0, 0.05) is 11.1 Å². The number of rotatable bonds is 5. The van der Waals surface area contributed by atoms with Crippen LogP contribution in [0.4, 0.5) is 0 Å². The molecule has 1 aromatic heterocycles. The third-order valence-electron chi connectivity index (χ3n) is 4.91. The van der Waals surface area contributed by atoms with Crippen molar-refractivity contribution in [3.8, 4) is 22.6 Å². The monoisotopic (exact) mass is 434 g/mol. The van der Waals surface area contributed by atoms with Crippen molar-refractivity contribution in [1.29, 1.82) is 0 Å². The molecule has 0 radical (unpaired) electrons. The summed E-state index contributed by atoms with van der Waals surface area (Å²) in [6, 6.07) is 19.0. The molecule has 0 aliphatic heterocycles. The highest BCUT2D eigenvalue weighted by Crippen LogP contribution is 2.27. The van der Waals surface area contributed by atoms with E-state index in [-0.39, 0.29) is 11.8 Å². The van der Waals surface area contributed by atoms with Crippen molar-refractivity contribution < 1.29 is 18.7 Å². The Labute approximate surface area is 183 Å². The zero-order valence-corrected chi connectivity index (χ0v) is 17.7. The lowest BCUT2D eigenvalue weighted by Gasteiger charge is -2.09. The quantitative estimate of drug-likeness (QED) is 0.303. The van der Waals surface area contributed by atoms with Gasteiger partial charge in [-0.15, -0.1) is 0 Å². The van der Waals surface area contributed by atoms with Crippen molar-refractivity contribution in [3.63, 3.8) is 0 Å². The van der Waals surface area contributed by atoms with Gasteiger partial charge in [0.05, 0.1) is 24.5 Å². The highest BCUT2D eigenvalue weighted by Gasteiger charge is 2.15. The number of aryl methyl sites for hydroxylation is 1. The fourth-order valence-corrected chi connectivity index (χ4v) is 3.50. The van der Waals surface area contributed by atoms with Gasteiger partial charge in [0.25, 0.3) is 0 Å². The lowest BCUT2D eigenvalue weighted by atomic mass is 10.0. The Morgan fingerprint density at radius 2 is 1.65 bits per heavy atom. The molecule has 31 heavy (non-hydrogen) atoms. The number of methoxy groups -OCH3 is 1. The number of carbonyl (C=O) groups is 1. The second-order valence-electron chi connectivity index (χ2n) is 7.03. The second kappa shape index (κ2) is 8.66. The van der Waals surface area contributed by atoms with Gasteiger partial charge in [-0.2, -0.15) is 0 Å². The van der Waals surface area contributed by atoms with E-state index in [0.717, 1.165) is 16.9 Å². The second-order valence-corrected chi connectivity index (χ2v) is 7.46. The third-order valence-corrected chi connectivity index (χ3v) is 5.16. The predicted molar refractivity (Wildman–Crippen MR) is 120 cm³/mol. The first-order valence-electron chi connectivity index (χ1n) is 9.61. The molecule has 1 heterocycles. The summed E-state index contributed by atoms with van der Waals surface area (Å²) < 4.78 is 16.4. The first kappa shape index (κ1) is 20.7. The molecule has 3 aromatic carbocycles. The van der Waals surface area contributed by atoms with Crippen molar-refractivity contribution >= 4 is 28.5 Å². The smallest absolute Gasteiger partial charge is 0.315 e. The van der Waals surface area contributed by atoms with Gasteiger partial charge in [0.1, 0.15) is 22.8 Å². The normalized spacial score (nSPS) is 10.8. The molecule has 6 heteroatoms. The molecule has 4 aromatic rings. The molecular weight excluding hydrogens is 416 g/mol. The predicted octanol–water partition coefficient (Wildman–Crippen LogP) is 5.58. The Bertz CT molecular complexity index is 1310. The fraction of sp³-hybridized carbons (Fsp3) is 0.120. The SMILES string of the molecule is COc1ccc(CC(=O)Oc2ccc3c(=O)c(-c4ccc(Cl)cc4)c(C)oc3c2)cc1. The van der Waals surface area contributed by atoms with Gasteiger partial charge in [-0.1, -0.05) is 35.9 Å².